The Bertz CT molecular complexity index is 218. The van der Waals surface area contributed by atoms with E-state index in [1.165, 1.54) is 19.3 Å². The van der Waals surface area contributed by atoms with E-state index in [0.29, 0.717) is 12.1 Å². The summed E-state index contributed by atoms with van der Waals surface area (Å²) in [5, 5.41) is 3.68. The van der Waals surface area contributed by atoms with Gasteiger partial charge in [-0.25, -0.2) is 0 Å². The maximum absolute atomic E-state index is 5.39. The van der Waals surface area contributed by atoms with Gasteiger partial charge in [0.1, 0.15) is 0 Å². The zero-order chi connectivity index (χ0) is 12.9. The van der Waals surface area contributed by atoms with Gasteiger partial charge in [-0.2, -0.15) is 0 Å². The molecule has 0 aromatic carbocycles. The standard InChI is InChI=1S/C14H30N2O/c1-6-8-12-10-16(13(7-2)9-15-12)14(3,4)11-17-5/h12-13,15H,6-11H2,1-5H3. The van der Waals surface area contributed by atoms with E-state index >= 15 is 0 Å². The van der Waals surface area contributed by atoms with Crippen LogP contribution in [0.2, 0.25) is 0 Å². The predicted molar refractivity (Wildman–Crippen MR) is 73.4 cm³/mol. The summed E-state index contributed by atoms with van der Waals surface area (Å²) in [7, 11) is 1.80. The SMILES string of the molecule is CCCC1CN(C(C)(C)COC)C(CC)CN1. The number of nitrogens with zero attached hydrogens (tertiary/aromatic N) is 1. The van der Waals surface area contributed by atoms with Crippen LogP contribution in [0.4, 0.5) is 0 Å². The van der Waals surface area contributed by atoms with Gasteiger partial charge in [-0.15, -0.1) is 0 Å². The van der Waals surface area contributed by atoms with Gasteiger partial charge < -0.3 is 10.1 Å². The first-order valence-electron chi connectivity index (χ1n) is 7.04. The van der Waals surface area contributed by atoms with Crippen molar-refractivity contribution in [2.45, 2.75) is 64.6 Å². The van der Waals surface area contributed by atoms with Gasteiger partial charge in [-0.05, 0) is 26.7 Å². The van der Waals surface area contributed by atoms with Crippen LogP contribution in [0.25, 0.3) is 0 Å². The lowest BCUT2D eigenvalue weighted by molar-refractivity contribution is -0.0187. The van der Waals surface area contributed by atoms with E-state index in [1.54, 1.807) is 7.11 Å². The zero-order valence-corrected chi connectivity index (χ0v) is 12.3. The molecule has 2 atom stereocenters. The molecule has 0 aliphatic carbocycles. The van der Waals surface area contributed by atoms with Crippen LogP contribution >= 0.6 is 0 Å². The molecule has 0 amide bonds. The van der Waals surface area contributed by atoms with Crippen molar-refractivity contribution in [3.05, 3.63) is 0 Å². The van der Waals surface area contributed by atoms with Gasteiger partial charge in [0.05, 0.1) is 6.61 Å². The molecule has 0 bridgehead atoms. The summed E-state index contributed by atoms with van der Waals surface area (Å²) >= 11 is 0. The van der Waals surface area contributed by atoms with Crippen LogP contribution in [0.1, 0.15) is 47.0 Å². The van der Waals surface area contributed by atoms with Crippen molar-refractivity contribution in [3.63, 3.8) is 0 Å². The summed E-state index contributed by atoms with van der Waals surface area (Å²) in [4.78, 5) is 2.65. The highest BCUT2D eigenvalue weighted by atomic mass is 16.5. The number of rotatable bonds is 6. The summed E-state index contributed by atoms with van der Waals surface area (Å²) in [6.07, 6.45) is 3.74. The summed E-state index contributed by atoms with van der Waals surface area (Å²) in [5.74, 6) is 0. The van der Waals surface area contributed by atoms with Gasteiger partial charge in [-0.1, -0.05) is 20.3 Å². The third-order valence-electron chi connectivity index (χ3n) is 3.88. The molecule has 3 heteroatoms. The number of nitrogens with one attached hydrogen (secondary N) is 1. The second-order valence-corrected chi connectivity index (χ2v) is 5.85. The molecule has 1 rings (SSSR count). The summed E-state index contributed by atoms with van der Waals surface area (Å²) < 4.78 is 5.39. The molecular weight excluding hydrogens is 212 g/mol. The third-order valence-corrected chi connectivity index (χ3v) is 3.88. The minimum absolute atomic E-state index is 0.142. The smallest absolute Gasteiger partial charge is 0.0641 e. The minimum Gasteiger partial charge on any atom is -0.383 e. The van der Waals surface area contributed by atoms with Crippen molar-refractivity contribution >= 4 is 0 Å². The van der Waals surface area contributed by atoms with Gasteiger partial charge in [0.2, 0.25) is 0 Å². The first-order chi connectivity index (χ1) is 8.05. The van der Waals surface area contributed by atoms with E-state index in [9.17, 15) is 0 Å². The van der Waals surface area contributed by atoms with Crippen LogP contribution < -0.4 is 5.32 Å². The van der Waals surface area contributed by atoms with Crippen LogP contribution in [0, 0.1) is 0 Å². The number of methoxy groups -OCH3 is 1. The quantitative estimate of drug-likeness (QED) is 0.773. The molecule has 102 valence electrons. The highest BCUT2D eigenvalue weighted by molar-refractivity contribution is 4.93. The van der Waals surface area contributed by atoms with Crippen LogP contribution in [-0.4, -0.2) is 49.3 Å². The predicted octanol–water partition coefficient (Wildman–Crippen LogP) is 2.26. The molecule has 0 saturated carbocycles. The molecule has 1 fully saturated rings. The first-order valence-corrected chi connectivity index (χ1v) is 7.04. The zero-order valence-electron chi connectivity index (χ0n) is 12.3. The lowest BCUT2D eigenvalue weighted by Gasteiger charge is -2.48. The molecule has 0 aromatic heterocycles. The molecule has 3 nitrogen and oxygen atoms in total. The van der Waals surface area contributed by atoms with E-state index in [4.69, 9.17) is 4.74 Å². The fourth-order valence-corrected chi connectivity index (χ4v) is 2.95. The van der Waals surface area contributed by atoms with Gasteiger partial charge in [-0.3, -0.25) is 4.90 Å². The van der Waals surface area contributed by atoms with Crippen LogP contribution in [-0.2, 0) is 4.74 Å². The monoisotopic (exact) mass is 242 g/mol. The molecule has 17 heavy (non-hydrogen) atoms. The molecule has 1 aliphatic rings. The molecule has 0 aromatic rings. The maximum Gasteiger partial charge on any atom is 0.0641 e. The maximum atomic E-state index is 5.39. The highest BCUT2D eigenvalue weighted by Gasteiger charge is 2.36. The van der Waals surface area contributed by atoms with E-state index in [1.807, 2.05) is 0 Å². The lowest BCUT2D eigenvalue weighted by Crippen LogP contribution is -2.63. The van der Waals surface area contributed by atoms with Gasteiger partial charge >= 0.3 is 0 Å². The molecule has 0 spiro atoms. The molecule has 1 saturated heterocycles. The second kappa shape index (κ2) is 6.72. The van der Waals surface area contributed by atoms with Crippen molar-refractivity contribution in [1.29, 1.82) is 0 Å². The Morgan fingerprint density at radius 3 is 2.59 bits per heavy atom. The summed E-state index contributed by atoms with van der Waals surface area (Å²) in [5.41, 5.74) is 0.142. The van der Waals surface area contributed by atoms with Gasteiger partial charge in [0, 0.05) is 37.8 Å². The number of piperazine rings is 1. The highest BCUT2D eigenvalue weighted by Crippen LogP contribution is 2.23. The van der Waals surface area contributed by atoms with E-state index in [2.05, 4.69) is 37.9 Å². The van der Waals surface area contributed by atoms with Crippen molar-refractivity contribution in [1.82, 2.24) is 10.2 Å². The fraction of sp³-hybridized carbons (Fsp3) is 1.00. The van der Waals surface area contributed by atoms with Crippen molar-refractivity contribution < 1.29 is 4.74 Å². The van der Waals surface area contributed by atoms with Crippen molar-refractivity contribution in [2.24, 2.45) is 0 Å². The van der Waals surface area contributed by atoms with Crippen molar-refractivity contribution in [3.8, 4) is 0 Å². The Balaban J connectivity index is 2.68. The fourth-order valence-electron chi connectivity index (χ4n) is 2.95. The van der Waals surface area contributed by atoms with Crippen LogP contribution in [0.15, 0.2) is 0 Å². The Kier molecular flexibility index (Phi) is 5.90. The Hall–Kier alpha value is -0.120. The Labute approximate surface area is 107 Å². The lowest BCUT2D eigenvalue weighted by atomic mass is 9.95. The second-order valence-electron chi connectivity index (χ2n) is 5.85. The number of hydrogen-bond acceptors (Lipinski definition) is 3. The number of hydrogen-bond donors (Lipinski definition) is 1. The molecule has 0 radical (unpaired) electrons. The Morgan fingerprint density at radius 1 is 1.35 bits per heavy atom. The van der Waals surface area contributed by atoms with Crippen LogP contribution in [0.3, 0.4) is 0 Å². The molecule has 1 heterocycles. The normalized spacial score (nSPS) is 27.4. The number of ether oxygens (including phenoxy) is 1. The average molecular weight is 242 g/mol. The first kappa shape index (κ1) is 14.9. The summed E-state index contributed by atoms with van der Waals surface area (Å²) in [6.45, 7) is 12.2. The largest absolute Gasteiger partial charge is 0.383 e. The third kappa shape index (κ3) is 3.94. The average Bonchev–Trinajstić information content (AvgIpc) is 2.29. The molecule has 2 unspecified atom stereocenters. The molecule has 1 N–H and O–H groups in total. The Morgan fingerprint density at radius 2 is 2.06 bits per heavy atom. The summed E-state index contributed by atoms with van der Waals surface area (Å²) in [6, 6.07) is 1.30. The van der Waals surface area contributed by atoms with Gasteiger partial charge in [0.15, 0.2) is 0 Å². The van der Waals surface area contributed by atoms with Crippen LogP contribution in [0.5, 0.6) is 0 Å². The van der Waals surface area contributed by atoms with E-state index in [-0.39, 0.29) is 5.54 Å². The molecular formula is C14H30N2O. The van der Waals surface area contributed by atoms with E-state index < -0.39 is 0 Å². The van der Waals surface area contributed by atoms with Crippen molar-refractivity contribution in [2.75, 3.05) is 26.8 Å². The topological polar surface area (TPSA) is 24.5 Å². The van der Waals surface area contributed by atoms with E-state index in [0.717, 1.165) is 19.7 Å². The van der Waals surface area contributed by atoms with Gasteiger partial charge in [0.25, 0.3) is 0 Å². The molecule has 1 aliphatic heterocycles. The minimum atomic E-state index is 0.142.